The lowest BCUT2D eigenvalue weighted by Gasteiger charge is -2.15. The molecule has 1 nitrogen and oxygen atoms in total. The van der Waals surface area contributed by atoms with E-state index in [-0.39, 0.29) is 0 Å². The minimum atomic E-state index is 0.585. The second-order valence-electron chi connectivity index (χ2n) is 3.08. The van der Waals surface area contributed by atoms with Crippen LogP contribution in [0.15, 0.2) is 18.2 Å². The summed E-state index contributed by atoms with van der Waals surface area (Å²) in [7, 11) is 1.93. The van der Waals surface area contributed by atoms with E-state index in [1.807, 2.05) is 30.1 Å². The predicted octanol–water partition coefficient (Wildman–Crippen LogP) is 3.06. The Morgan fingerprint density at radius 2 is 1.93 bits per heavy atom. The Morgan fingerprint density at radius 1 is 1.36 bits per heavy atom. The van der Waals surface area contributed by atoms with Crippen molar-refractivity contribution in [3.8, 4) is 12.3 Å². The predicted molar refractivity (Wildman–Crippen MR) is 61.6 cm³/mol. The van der Waals surface area contributed by atoms with Gasteiger partial charge in [0.25, 0.3) is 0 Å². The lowest BCUT2D eigenvalue weighted by molar-refractivity contribution is 0.369. The van der Waals surface area contributed by atoms with Crippen LogP contribution >= 0.6 is 23.2 Å². The summed E-state index contributed by atoms with van der Waals surface area (Å²) in [6.45, 7) is 1.25. The fourth-order valence-corrected chi connectivity index (χ4v) is 1.68. The molecule has 0 atom stereocenters. The number of nitrogens with zero attached hydrogens (tertiary/aromatic N) is 1. The first kappa shape index (κ1) is 11.4. The fraction of sp³-hybridized carbons (Fsp3) is 0.273. The molecular weight excluding hydrogens is 217 g/mol. The molecule has 0 aromatic heterocycles. The molecule has 0 spiro atoms. The zero-order valence-corrected chi connectivity index (χ0v) is 9.44. The Balaban J connectivity index is 2.81. The van der Waals surface area contributed by atoms with Gasteiger partial charge in [0.15, 0.2) is 0 Å². The third-order valence-electron chi connectivity index (χ3n) is 1.85. The second-order valence-corrected chi connectivity index (χ2v) is 3.89. The fourth-order valence-electron chi connectivity index (χ4n) is 1.17. The lowest BCUT2D eigenvalue weighted by Crippen LogP contribution is -2.18. The van der Waals surface area contributed by atoms with Crippen molar-refractivity contribution in [1.82, 2.24) is 4.90 Å². The topological polar surface area (TPSA) is 3.24 Å². The van der Waals surface area contributed by atoms with Gasteiger partial charge in [-0.15, -0.1) is 6.42 Å². The van der Waals surface area contributed by atoms with Crippen molar-refractivity contribution < 1.29 is 0 Å². The summed E-state index contributed by atoms with van der Waals surface area (Å²) in [6.07, 6.45) is 5.20. The van der Waals surface area contributed by atoms with E-state index in [2.05, 4.69) is 5.92 Å². The standard InChI is InChI=1S/C11H11Cl2N/c1-3-7-14(2)8-9-10(12)5-4-6-11(9)13/h1,4-6H,7-8H2,2H3. The van der Waals surface area contributed by atoms with Gasteiger partial charge in [0.2, 0.25) is 0 Å². The minimum absolute atomic E-state index is 0.585. The number of hydrogen-bond donors (Lipinski definition) is 0. The van der Waals surface area contributed by atoms with Gasteiger partial charge < -0.3 is 0 Å². The third-order valence-corrected chi connectivity index (χ3v) is 2.56. The molecule has 0 radical (unpaired) electrons. The summed E-state index contributed by atoms with van der Waals surface area (Å²) in [5.74, 6) is 2.57. The molecule has 0 saturated carbocycles. The van der Waals surface area contributed by atoms with Crippen LogP contribution in [0.2, 0.25) is 10.0 Å². The highest BCUT2D eigenvalue weighted by Gasteiger charge is 2.07. The number of rotatable bonds is 3. The molecule has 3 heteroatoms. The van der Waals surface area contributed by atoms with E-state index in [1.165, 1.54) is 0 Å². The molecule has 0 aliphatic carbocycles. The molecule has 0 unspecified atom stereocenters. The van der Waals surface area contributed by atoms with Crippen LogP contribution in [0.5, 0.6) is 0 Å². The van der Waals surface area contributed by atoms with Gasteiger partial charge in [-0.3, -0.25) is 4.90 Å². The summed E-state index contributed by atoms with van der Waals surface area (Å²) >= 11 is 12.0. The van der Waals surface area contributed by atoms with E-state index in [0.717, 1.165) is 5.56 Å². The van der Waals surface area contributed by atoms with Crippen LogP contribution in [0.1, 0.15) is 5.56 Å². The van der Waals surface area contributed by atoms with Crippen LogP contribution in [-0.2, 0) is 6.54 Å². The maximum absolute atomic E-state index is 6.01. The summed E-state index contributed by atoms with van der Waals surface area (Å²) in [6, 6.07) is 5.48. The van der Waals surface area contributed by atoms with E-state index in [0.29, 0.717) is 23.1 Å². The maximum Gasteiger partial charge on any atom is 0.0599 e. The number of hydrogen-bond acceptors (Lipinski definition) is 1. The SMILES string of the molecule is C#CCN(C)Cc1c(Cl)cccc1Cl. The van der Waals surface area contributed by atoms with Gasteiger partial charge in [-0.1, -0.05) is 35.2 Å². The maximum atomic E-state index is 6.01. The minimum Gasteiger partial charge on any atom is -0.291 e. The van der Waals surface area contributed by atoms with Crippen molar-refractivity contribution in [3.63, 3.8) is 0 Å². The molecule has 0 bridgehead atoms. The van der Waals surface area contributed by atoms with E-state index in [4.69, 9.17) is 29.6 Å². The molecule has 0 N–H and O–H groups in total. The average Bonchev–Trinajstić information content (AvgIpc) is 2.12. The zero-order valence-electron chi connectivity index (χ0n) is 7.93. The molecule has 0 saturated heterocycles. The number of terminal acetylenes is 1. The summed E-state index contributed by atoms with van der Waals surface area (Å²) in [5.41, 5.74) is 0.925. The summed E-state index contributed by atoms with van der Waals surface area (Å²) < 4.78 is 0. The molecule has 0 heterocycles. The molecule has 14 heavy (non-hydrogen) atoms. The Hall–Kier alpha value is -0.680. The molecule has 0 aliphatic rings. The van der Waals surface area contributed by atoms with Crippen molar-refractivity contribution in [2.45, 2.75) is 6.54 Å². The zero-order chi connectivity index (χ0) is 10.6. The smallest absolute Gasteiger partial charge is 0.0599 e. The second kappa shape index (κ2) is 5.26. The highest BCUT2D eigenvalue weighted by Crippen LogP contribution is 2.25. The lowest BCUT2D eigenvalue weighted by atomic mass is 10.2. The van der Waals surface area contributed by atoms with Crippen LogP contribution < -0.4 is 0 Å². The van der Waals surface area contributed by atoms with Crippen LogP contribution in [0, 0.1) is 12.3 Å². The van der Waals surface area contributed by atoms with Gasteiger partial charge in [0.1, 0.15) is 0 Å². The molecular formula is C11H11Cl2N. The van der Waals surface area contributed by atoms with Crippen LogP contribution in [-0.4, -0.2) is 18.5 Å². The Labute approximate surface area is 94.6 Å². The van der Waals surface area contributed by atoms with Crippen molar-refractivity contribution in [1.29, 1.82) is 0 Å². The van der Waals surface area contributed by atoms with E-state index < -0.39 is 0 Å². The first-order valence-corrected chi connectivity index (χ1v) is 4.95. The number of benzene rings is 1. The Morgan fingerprint density at radius 3 is 2.43 bits per heavy atom. The van der Waals surface area contributed by atoms with Gasteiger partial charge >= 0.3 is 0 Å². The molecule has 1 aromatic rings. The third kappa shape index (κ3) is 2.92. The highest BCUT2D eigenvalue weighted by atomic mass is 35.5. The first-order valence-electron chi connectivity index (χ1n) is 4.20. The van der Waals surface area contributed by atoms with Crippen LogP contribution in [0.4, 0.5) is 0 Å². The summed E-state index contributed by atoms with van der Waals surface area (Å²) in [4.78, 5) is 1.98. The first-order chi connectivity index (χ1) is 6.65. The molecule has 0 aliphatic heterocycles. The van der Waals surface area contributed by atoms with Gasteiger partial charge in [-0.05, 0) is 19.2 Å². The largest absolute Gasteiger partial charge is 0.291 e. The average molecular weight is 228 g/mol. The van der Waals surface area contributed by atoms with Crippen molar-refractivity contribution >= 4 is 23.2 Å². The van der Waals surface area contributed by atoms with Gasteiger partial charge in [-0.25, -0.2) is 0 Å². The van der Waals surface area contributed by atoms with E-state index >= 15 is 0 Å². The number of halogens is 2. The van der Waals surface area contributed by atoms with Crippen LogP contribution in [0.25, 0.3) is 0 Å². The molecule has 0 fully saturated rings. The summed E-state index contributed by atoms with van der Waals surface area (Å²) in [5, 5.41) is 1.36. The van der Waals surface area contributed by atoms with Crippen LogP contribution in [0.3, 0.4) is 0 Å². The van der Waals surface area contributed by atoms with E-state index in [9.17, 15) is 0 Å². The molecule has 0 amide bonds. The molecule has 1 aromatic carbocycles. The monoisotopic (exact) mass is 227 g/mol. The van der Waals surface area contributed by atoms with Crippen molar-refractivity contribution in [3.05, 3.63) is 33.8 Å². The molecule has 1 rings (SSSR count). The van der Waals surface area contributed by atoms with E-state index in [1.54, 1.807) is 0 Å². The van der Waals surface area contributed by atoms with Gasteiger partial charge in [0.05, 0.1) is 6.54 Å². The quantitative estimate of drug-likeness (QED) is 0.718. The Bertz CT molecular complexity index is 335. The van der Waals surface area contributed by atoms with Crippen molar-refractivity contribution in [2.24, 2.45) is 0 Å². The molecule has 74 valence electrons. The van der Waals surface area contributed by atoms with Crippen molar-refractivity contribution in [2.75, 3.05) is 13.6 Å². The normalized spacial score (nSPS) is 10.2. The van der Waals surface area contributed by atoms with Gasteiger partial charge in [0, 0.05) is 22.2 Å². The van der Waals surface area contributed by atoms with Gasteiger partial charge in [-0.2, -0.15) is 0 Å². The Kier molecular flexibility index (Phi) is 4.28. The highest BCUT2D eigenvalue weighted by molar-refractivity contribution is 6.35.